The number of likely N-dealkylation sites (tertiary alicyclic amines) is 1. The van der Waals surface area contributed by atoms with Crippen LogP contribution in [0.15, 0.2) is 43.4 Å². The molecule has 4 heterocycles. The number of aromatic nitrogens is 5. The fraction of sp³-hybridized carbons (Fsp3) is 0.280. The summed E-state index contributed by atoms with van der Waals surface area (Å²) in [4.78, 5) is 22.0. The summed E-state index contributed by atoms with van der Waals surface area (Å²) < 4.78 is 60.1. The number of ether oxygens (including phenoxy) is 1. The van der Waals surface area contributed by atoms with Crippen molar-refractivity contribution in [2.24, 2.45) is 7.05 Å². The standard InChI is InChI=1S/C25H21F4N7O2/c1-3-22(37)35-11-15(9-16(35)12-38-25(27,28)29)36-20-6-7-31-24(30)23(20)18(33-36)5-4-14-8-19-21(10-17(14)26)34(2)13-32-19/h3,6-8,10,13,15-16H,1,9,11-12H2,2H3,(H2,30,31)/t15-,16+/m0/s1. The second-order valence-corrected chi connectivity index (χ2v) is 8.80. The minimum atomic E-state index is -4.84. The van der Waals surface area contributed by atoms with Crippen molar-refractivity contribution in [3.8, 4) is 11.8 Å². The average molecular weight is 527 g/mol. The van der Waals surface area contributed by atoms with Crippen LogP contribution in [-0.2, 0) is 16.6 Å². The normalized spacial score (nSPS) is 17.7. The summed E-state index contributed by atoms with van der Waals surface area (Å²) in [6, 6.07) is 3.14. The van der Waals surface area contributed by atoms with Gasteiger partial charge in [-0.15, -0.1) is 13.2 Å². The Hall–Kier alpha value is -4.44. The number of carbonyl (C=O) groups excluding carboxylic acids is 1. The Morgan fingerprint density at radius 3 is 2.82 bits per heavy atom. The number of pyridine rings is 1. The summed E-state index contributed by atoms with van der Waals surface area (Å²) >= 11 is 0. The van der Waals surface area contributed by atoms with Gasteiger partial charge in [-0.05, 0) is 30.6 Å². The average Bonchev–Trinajstić information content (AvgIpc) is 3.56. The van der Waals surface area contributed by atoms with Gasteiger partial charge in [0.05, 0.1) is 52.5 Å². The van der Waals surface area contributed by atoms with Gasteiger partial charge in [0, 0.05) is 25.9 Å². The molecule has 1 aromatic carbocycles. The van der Waals surface area contributed by atoms with Crippen molar-refractivity contribution in [1.29, 1.82) is 0 Å². The van der Waals surface area contributed by atoms with Gasteiger partial charge in [0.15, 0.2) is 0 Å². The highest BCUT2D eigenvalue weighted by Gasteiger charge is 2.39. The number of nitrogen functional groups attached to an aromatic ring is 1. The molecular formula is C25H21F4N7O2. The molecule has 2 atom stereocenters. The SMILES string of the molecule is C=CC(=O)N1C[C@@H](n2nc(C#Cc3cc4ncn(C)c4cc3F)c3c(N)nccc32)C[C@@H]1COC(F)(F)F. The first-order chi connectivity index (χ1) is 18.1. The number of aryl methyl sites for hydroxylation is 1. The fourth-order valence-electron chi connectivity index (χ4n) is 4.65. The van der Waals surface area contributed by atoms with Crippen LogP contribution in [0.5, 0.6) is 0 Å². The van der Waals surface area contributed by atoms with Gasteiger partial charge in [-0.25, -0.2) is 14.4 Å². The van der Waals surface area contributed by atoms with E-state index in [1.165, 1.54) is 23.2 Å². The van der Waals surface area contributed by atoms with Gasteiger partial charge in [-0.2, -0.15) is 5.10 Å². The van der Waals surface area contributed by atoms with E-state index in [9.17, 15) is 22.4 Å². The number of carbonyl (C=O) groups is 1. The van der Waals surface area contributed by atoms with Crippen molar-refractivity contribution in [3.63, 3.8) is 0 Å². The molecular weight excluding hydrogens is 506 g/mol. The Labute approximate surface area is 213 Å². The number of rotatable bonds is 4. The highest BCUT2D eigenvalue weighted by Crippen LogP contribution is 2.33. The number of amides is 1. The summed E-state index contributed by atoms with van der Waals surface area (Å²) in [5.74, 6) is 4.70. The molecule has 4 aromatic rings. The lowest BCUT2D eigenvalue weighted by molar-refractivity contribution is -0.327. The van der Waals surface area contributed by atoms with Crippen LogP contribution in [-0.4, -0.2) is 60.7 Å². The molecule has 0 saturated carbocycles. The smallest absolute Gasteiger partial charge is 0.383 e. The van der Waals surface area contributed by atoms with Crippen LogP contribution in [0.2, 0.25) is 0 Å². The largest absolute Gasteiger partial charge is 0.522 e. The van der Waals surface area contributed by atoms with Crippen LogP contribution < -0.4 is 5.73 Å². The zero-order valence-corrected chi connectivity index (χ0v) is 20.0. The molecule has 0 unspecified atom stereocenters. The van der Waals surface area contributed by atoms with E-state index in [0.29, 0.717) is 21.9 Å². The summed E-state index contributed by atoms with van der Waals surface area (Å²) in [7, 11) is 1.75. The van der Waals surface area contributed by atoms with Gasteiger partial charge >= 0.3 is 6.36 Å². The van der Waals surface area contributed by atoms with Crippen molar-refractivity contribution in [2.75, 3.05) is 18.9 Å². The molecule has 1 saturated heterocycles. The van der Waals surface area contributed by atoms with Gasteiger partial charge in [0.1, 0.15) is 17.3 Å². The van der Waals surface area contributed by atoms with E-state index in [1.54, 1.807) is 28.7 Å². The second kappa shape index (κ2) is 9.46. The van der Waals surface area contributed by atoms with Crippen molar-refractivity contribution in [3.05, 3.63) is 60.5 Å². The molecule has 0 bridgehead atoms. The molecule has 0 spiro atoms. The van der Waals surface area contributed by atoms with E-state index in [2.05, 4.69) is 38.2 Å². The van der Waals surface area contributed by atoms with Crippen LogP contribution in [0.4, 0.5) is 23.4 Å². The molecule has 1 amide bonds. The highest BCUT2D eigenvalue weighted by atomic mass is 19.4. The summed E-state index contributed by atoms with van der Waals surface area (Å²) in [5, 5.41) is 4.97. The lowest BCUT2D eigenvalue weighted by atomic mass is 10.1. The van der Waals surface area contributed by atoms with Crippen LogP contribution in [0, 0.1) is 17.7 Å². The number of hydrogen-bond acceptors (Lipinski definition) is 6. The van der Waals surface area contributed by atoms with Gasteiger partial charge in [-0.1, -0.05) is 12.5 Å². The number of fused-ring (bicyclic) bond motifs is 2. The molecule has 2 N–H and O–H groups in total. The minimum absolute atomic E-state index is 0.0631. The number of nitrogens with two attached hydrogens (primary N) is 1. The third-order valence-corrected chi connectivity index (χ3v) is 6.41. The molecule has 1 fully saturated rings. The molecule has 1 aliphatic heterocycles. The maximum Gasteiger partial charge on any atom is 0.522 e. The zero-order chi connectivity index (χ0) is 27.2. The molecule has 9 nitrogen and oxygen atoms in total. The first-order valence-corrected chi connectivity index (χ1v) is 11.4. The lowest BCUT2D eigenvalue weighted by Gasteiger charge is -2.23. The molecule has 0 radical (unpaired) electrons. The monoisotopic (exact) mass is 527 g/mol. The van der Waals surface area contributed by atoms with Gasteiger partial charge in [0.2, 0.25) is 5.91 Å². The van der Waals surface area contributed by atoms with Crippen LogP contribution >= 0.6 is 0 Å². The van der Waals surface area contributed by atoms with Crippen molar-refractivity contribution in [2.45, 2.75) is 24.9 Å². The molecule has 5 rings (SSSR count). The Kier molecular flexibility index (Phi) is 6.28. The van der Waals surface area contributed by atoms with Crippen molar-refractivity contribution in [1.82, 2.24) is 29.2 Å². The number of benzene rings is 1. The third kappa shape index (κ3) is 4.66. The highest BCUT2D eigenvalue weighted by molar-refractivity contribution is 5.93. The van der Waals surface area contributed by atoms with Crippen molar-refractivity contribution < 1.29 is 27.1 Å². The quantitative estimate of drug-likeness (QED) is 0.248. The predicted octanol–water partition coefficient (Wildman–Crippen LogP) is 3.30. The number of imidazole rings is 1. The number of alkyl halides is 3. The van der Waals surface area contributed by atoms with E-state index < -0.39 is 36.8 Å². The topological polar surface area (TPSA) is 104 Å². The summed E-state index contributed by atoms with van der Waals surface area (Å²) in [6.45, 7) is 2.77. The Bertz CT molecular complexity index is 1630. The Balaban J connectivity index is 1.53. The Morgan fingerprint density at radius 2 is 2.08 bits per heavy atom. The van der Waals surface area contributed by atoms with Crippen molar-refractivity contribution >= 4 is 33.7 Å². The van der Waals surface area contributed by atoms with Gasteiger partial charge in [-0.3, -0.25) is 14.2 Å². The van der Waals surface area contributed by atoms with E-state index in [4.69, 9.17) is 5.73 Å². The number of halogens is 4. The molecule has 3 aromatic heterocycles. The second-order valence-electron chi connectivity index (χ2n) is 8.80. The first kappa shape index (κ1) is 25.2. The molecule has 0 aliphatic carbocycles. The predicted molar refractivity (Wildman–Crippen MR) is 130 cm³/mol. The van der Waals surface area contributed by atoms with Crippen LogP contribution in [0.3, 0.4) is 0 Å². The minimum Gasteiger partial charge on any atom is -0.383 e. The summed E-state index contributed by atoms with van der Waals surface area (Å²) in [6.07, 6.45) is -0.635. The van der Waals surface area contributed by atoms with Crippen LogP contribution in [0.25, 0.3) is 21.9 Å². The number of nitrogens with zero attached hydrogens (tertiary/aromatic N) is 6. The fourth-order valence-corrected chi connectivity index (χ4v) is 4.65. The van der Waals surface area contributed by atoms with E-state index >= 15 is 0 Å². The maximum absolute atomic E-state index is 14.7. The van der Waals surface area contributed by atoms with Crippen LogP contribution in [0.1, 0.15) is 23.7 Å². The Morgan fingerprint density at radius 1 is 1.29 bits per heavy atom. The zero-order valence-electron chi connectivity index (χ0n) is 20.0. The lowest BCUT2D eigenvalue weighted by Crippen LogP contribution is -2.38. The van der Waals surface area contributed by atoms with Gasteiger partial charge in [0.25, 0.3) is 0 Å². The van der Waals surface area contributed by atoms with E-state index in [-0.39, 0.29) is 30.0 Å². The van der Waals surface area contributed by atoms with E-state index in [1.807, 2.05) is 0 Å². The molecule has 196 valence electrons. The van der Waals surface area contributed by atoms with Gasteiger partial charge < -0.3 is 15.2 Å². The molecule has 38 heavy (non-hydrogen) atoms. The first-order valence-electron chi connectivity index (χ1n) is 11.4. The third-order valence-electron chi connectivity index (χ3n) is 6.41. The number of anilines is 1. The number of hydrogen-bond donors (Lipinski definition) is 1. The van der Waals surface area contributed by atoms with E-state index in [0.717, 1.165) is 6.08 Å². The molecule has 13 heteroatoms. The maximum atomic E-state index is 14.7. The summed E-state index contributed by atoms with van der Waals surface area (Å²) in [5.41, 5.74) is 8.14. The molecule has 1 aliphatic rings.